The molecule has 4 aromatic rings. The molecule has 1 aromatic heterocycles. The first kappa shape index (κ1) is 23.2. The van der Waals surface area contributed by atoms with Gasteiger partial charge in [0.25, 0.3) is 0 Å². The lowest BCUT2D eigenvalue weighted by Crippen LogP contribution is -2.24. The highest BCUT2D eigenvalue weighted by molar-refractivity contribution is 6.30. The second kappa shape index (κ2) is 10.4. The minimum Gasteiger partial charge on any atom is -0.493 e. The van der Waals surface area contributed by atoms with Crippen LogP contribution in [0, 0.1) is 0 Å². The van der Waals surface area contributed by atoms with Gasteiger partial charge in [-0.05, 0) is 61.4 Å². The number of nitrogens with zero attached hydrogens (tertiary/aromatic N) is 3. The molecule has 1 amide bonds. The van der Waals surface area contributed by atoms with E-state index in [4.69, 9.17) is 26.1 Å². The number of carbonyl (C=O) groups excluding carboxylic acids is 1. The number of unbranched alkanes of at least 4 members (excludes halogenated alkanes) is 1. The molecule has 0 bridgehead atoms. The molecule has 0 saturated carbocycles. The Morgan fingerprint density at radius 1 is 0.971 bits per heavy atom. The molecule has 1 saturated heterocycles. The number of anilines is 1. The molecule has 6 nitrogen and oxygen atoms in total. The fourth-order valence-electron chi connectivity index (χ4n) is 4.68. The quantitative estimate of drug-likeness (QED) is 0.267. The molecule has 0 unspecified atom stereocenters. The molecule has 0 aliphatic carbocycles. The van der Waals surface area contributed by atoms with Crippen LogP contribution < -0.4 is 14.4 Å². The third kappa shape index (κ3) is 4.98. The summed E-state index contributed by atoms with van der Waals surface area (Å²) in [4.78, 5) is 19.7. The van der Waals surface area contributed by atoms with Gasteiger partial charge in [-0.2, -0.15) is 0 Å². The molecule has 5 rings (SSSR count). The SMILES string of the molecule is COc1ccccc1OCCCCn1c([C@@H]2CC(=O)N(c3ccc(Cl)cc3)C2)nc2ccccc21. The van der Waals surface area contributed by atoms with Crippen LogP contribution >= 0.6 is 11.6 Å². The van der Waals surface area contributed by atoms with Gasteiger partial charge in [-0.1, -0.05) is 35.9 Å². The lowest BCUT2D eigenvalue weighted by molar-refractivity contribution is -0.117. The minimum absolute atomic E-state index is 0.0374. The fourth-order valence-corrected chi connectivity index (χ4v) is 4.81. The summed E-state index contributed by atoms with van der Waals surface area (Å²) < 4.78 is 13.6. The number of amides is 1. The smallest absolute Gasteiger partial charge is 0.227 e. The number of aromatic nitrogens is 2. The summed E-state index contributed by atoms with van der Waals surface area (Å²) >= 11 is 6.03. The number of fused-ring (bicyclic) bond motifs is 1. The molecule has 0 N–H and O–H groups in total. The van der Waals surface area contributed by atoms with Crippen LogP contribution in [-0.4, -0.2) is 35.7 Å². The van der Waals surface area contributed by atoms with Crippen molar-refractivity contribution in [2.24, 2.45) is 0 Å². The third-order valence-electron chi connectivity index (χ3n) is 6.42. The van der Waals surface area contributed by atoms with Crippen molar-refractivity contribution in [1.82, 2.24) is 9.55 Å². The highest BCUT2D eigenvalue weighted by Gasteiger charge is 2.34. The molecule has 1 fully saturated rings. The Balaban J connectivity index is 1.29. The number of benzene rings is 3. The van der Waals surface area contributed by atoms with Gasteiger partial charge in [-0.15, -0.1) is 0 Å². The van der Waals surface area contributed by atoms with Crippen LogP contribution in [0.25, 0.3) is 11.0 Å². The summed E-state index contributed by atoms with van der Waals surface area (Å²) in [5.74, 6) is 2.63. The number of methoxy groups -OCH3 is 1. The normalized spacial score (nSPS) is 15.7. The van der Waals surface area contributed by atoms with Gasteiger partial charge >= 0.3 is 0 Å². The Kier molecular flexibility index (Phi) is 6.91. The van der Waals surface area contributed by atoms with Crippen LogP contribution in [0.2, 0.25) is 5.02 Å². The Morgan fingerprint density at radius 3 is 2.51 bits per heavy atom. The Labute approximate surface area is 210 Å². The molecule has 3 aromatic carbocycles. The number of ether oxygens (including phenoxy) is 2. The average Bonchev–Trinajstić information content (AvgIpc) is 3.45. The van der Waals surface area contributed by atoms with Crippen molar-refractivity contribution in [3.8, 4) is 11.5 Å². The first-order valence-corrected chi connectivity index (χ1v) is 12.3. The number of carbonyl (C=O) groups is 1. The van der Waals surface area contributed by atoms with Gasteiger partial charge in [0, 0.05) is 36.1 Å². The number of rotatable bonds is 9. The number of hydrogen-bond acceptors (Lipinski definition) is 4. The number of aryl methyl sites for hydroxylation is 1. The molecule has 7 heteroatoms. The van der Waals surface area contributed by atoms with Crippen molar-refractivity contribution in [1.29, 1.82) is 0 Å². The predicted molar refractivity (Wildman–Crippen MR) is 139 cm³/mol. The summed E-state index contributed by atoms with van der Waals surface area (Å²) in [5, 5.41) is 0.661. The van der Waals surface area contributed by atoms with E-state index in [9.17, 15) is 4.79 Å². The van der Waals surface area contributed by atoms with Crippen LogP contribution in [0.4, 0.5) is 5.69 Å². The van der Waals surface area contributed by atoms with Crippen molar-refractivity contribution >= 4 is 34.2 Å². The van der Waals surface area contributed by atoms with E-state index in [-0.39, 0.29) is 11.8 Å². The Morgan fingerprint density at radius 2 is 1.71 bits per heavy atom. The van der Waals surface area contributed by atoms with E-state index in [0.29, 0.717) is 24.6 Å². The average molecular weight is 490 g/mol. The van der Waals surface area contributed by atoms with Gasteiger partial charge in [0.1, 0.15) is 5.82 Å². The molecule has 1 atom stereocenters. The van der Waals surface area contributed by atoms with Gasteiger partial charge in [0.2, 0.25) is 5.91 Å². The Hall–Kier alpha value is -3.51. The zero-order valence-electron chi connectivity index (χ0n) is 19.7. The van der Waals surface area contributed by atoms with E-state index in [2.05, 4.69) is 10.6 Å². The molecule has 0 spiro atoms. The van der Waals surface area contributed by atoms with Crippen LogP contribution in [-0.2, 0) is 11.3 Å². The van der Waals surface area contributed by atoms with E-state index < -0.39 is 0 Å². The van der Waals surface area contributed by atoms with Crippen molar-refractivity contribution in [2.45, 2.75) is 31.7 Å². The van der Waals surface area contributed by atoms with Gasteiger partial charge in [-0.25, -0.2) is 4.98 Å². The van der Waals surface area contributed by atoms with Gasteiger partial charge in [-0.3, -0.25) is 4.79 Å². The van der Waals surface area contributed by atoms with Crippen LogP contribution in [0.5, 0.6) is 11.5 Å². The molecule has 2 heterocycles. The van der Waals surface area contributed by atoms with E-state index in [0.717, 1.165) is 53.4 Å². The van der Waals surface area contributed by atoms with Gasteiger partial charge < -0.3 is 18.9 Å². The first-order valence-electron chi connectivity index (χ1n) is 11.9. The molecule has 0 radical (unpaired) electrons. The van der Waals surface area contributed by atoms with Crippen molar-refractivity contribution in [3.63, 3.8) is 0 Å². The highest BCUT2D eigenvalue weighted by atomic mass is 35.5. The number of para-hydroxylation sites is 4. The molecule has 180 valence electrons. The zero-order chi connectivity index (χ0) is 24.2. The number of hydrogen-bond donors (Lipinski definition) is 0. The second-order valence-electron chi connectivity index (χ2n) is 8.70. The first-order chi connectivity index (χ1) is 17.1. The van der Waals surface area contributed by atoms with Crippen LogP contribution in [0.3, 0.4) is 0 Å². The van der Waals surface area contributed by atoms with E-state index in [1.807, 2.05) is 71.6 Å². The maximum atomic E-state index is 12.9. The van der Waals surface area contributed by atoms with E-state index in [1.165, 1.54) is 0 Å². The maximum Gasteiger partial charge on any atom is 0.227 e. The van der Waals surface area contributed by atoms with Crippen LogP contribution in [0.1, 0.15) is 31.0 Å². The largest absolute Gasteiger partial charge is 0.493 e. The van der Waals surface area contributed by atoms with Gasteiger partial charge in [0.15, 0.2) is 11.5 Å². The maximum absolute atomic E-state index is 12.9. The molecule has 35 heavy (non-hydrogen) atoms. The molecule has 1 aliphatic rings. The molecular formula is C28H28ClN3O3. The summed E-state index contributed by atoms with van der Waals surface area (Å²) in [6, 6.07) is 23.3. The minimum atomic E-state index is 0.0374. The highest BCUT2D eigenvalue weighted by Crippen LogP contribution is 2.34. The third-order valence-corrected chi connectivity index (χ3v) is 6.67. The summed E-state index contributed by atoms with van der Waals surface area (Å²) in [5.41, 5.74) is 2.94. The predicted octanol–water partition coefficient (Wildman–Crippen LogP) is 6.08. The number of halogens is 1. The topological polar surface area (TPSA) is 56.6 Å². The van der Waals surface area contributed by atoms with E-state index >= 15 is 0 Å². The fraction of sp³-hybridized carbons (Fsp3) is 0.286. The Bertz CT molecular complexity index is 1320. The summed E-state index contributed by atoms with van der Waals surface area (Å²) in [6.07, 6.45) is 2.28. The van der Waals surface area contributed by atoms with Crippen molar-refractivity contribution < 1.29 is 14.3 Å². The lowest BCUT2D eigenvalue weighted by atomic mass is 10.1. The van der Waals surface area contributed by atoms with E-state index in [1.54, 1.807) is 7.11 Å². The lowest BCUT2D eigenvalue weighted by Gasteiger charge is -2.17. The summed E-state index contributed by atoms with van der Waals surface area (Å²) in [7, 11) is 1.65. The molecule has 1 aliphatic heterocycles. The standard InChI is InChI=1S/C28H28ClN3O3/c1-34-25-10-4-5-11-26(25)35-17-7-6-16-31-24-9-3-2-8-23(24)30-28(31)20-18-27(33)32(19-20)22-14-12-21(29)13-15-22/h2-5,8-15,20H,6-7,16-19H2,1H3/t20-/m1/s1. The van der Waals surface area contributed by atoms with Crippen molar-refractivity contribution in [2.75, 3.05) is 25.2 Å². The monoisotopic (exact) mass is 489 g/mol. The second-order valence-corrected chi connectivity index (χ2v) is 9.14. The number of imidazole rings is 1. The molecular weight excluding hydrogens is 462 g/mol. The van der Waals surface area contributed by atoms with Gasteiger partial charge in [0.05, 0.1) is 24.8 Å². The van der Waals surface area contributed by atoms with Crippen molar-refractivity contribution in [3.05, 3.63) is 83.6 Å². The van der Waals surface area contributed by atoms with Crippen LogP contribution in [0.15, 0.2) is 72.8 Å². The zero-order valence-corrected chi connectivity index (χ0v) is 20.4. The summed E-state index contributed by atoms with van der Waals surface area (Å²) in [6.45, 7) is 2.03.